The van der Waals surface area contributed by atoms with Crippen molar-refractivity contribution >= 4 is 5.97 Å². The zero-order valence-electron chi connectivity index (χ0n) is 19.5. The minimum atomic E-state index is -0.308. The molecule has 2 saturated heterocycles. The molecule has 3 aliphatic rings. The Morgan fingerprint density at radius 1 is 0.968 bits per heavy atom. The second kappa shape index (κ2) is 11.8. The van der Waals surface area contributed by atoms with Crippen molar-refractivity contribution in [3.63, 3.8) is 0 Å². The molecule has 3 aliphatic heterocycles. The summed E-state index contributed by atoms with van der Waals surface area (Å²) in [6.45, 7) is 10.2. The Hall–Kier alpha value is -1.65. The Bertz CT molecular complexity index is 691. The van der Waals surface area contributed by atoms with Gasteiger partial charge >= 0.3 is 5.97 Å². The molecule has 3 unspecified atom stereocenters. The van der Waals surface area contributed by atoms with Gasteiger partial charge in [0.2, 0.25) is 0 Å². The fourth-order valence-corrected chi connectivity index (χ4v) is 5.02. The molecule has 0 spiro atoms. The van der Waals surface area contributed by atoms with Crippen molar-refractivity contribution in [1.82, 2.24) is 0 Å². The van der Waals surface area contributed by atoms with Gasteiger partial charge in [-0.05, 0) is 57.4 Å². The van der Waals surface area contributed by atoms with Gasteiger partial charge in [-0.3, -0.25) is 4.79 Å². The first-order valence-electron chi connectivity index (χ1n) is 12.1. The van der Waals surface area contributed by atoms with E-state index in [0.717, 1.165) is 38.5 Å². The van der Waals surface area contributed by atoms with E-state index in [2.05, 4.69) is 45.6 Å². The van der Waals surface area contributed by atoms with Crippen LogP contribution in [0.4, 0.5) is 0 Å². The molecule has 0 aliphatic carbocycles. The zero-order valence-corrected chi connectivity index (χ0v) is 19.5. The molecule has 4 heteroatoms. The standard InChI is InChI=1S/C27H40O4/c1-5-7-11-26-20(4)13-12-19(3)14-22-9-8-10-23(29-22)17-24-15-21(6-2)16-25(30-24)18-27(28)31-26/h5-7,11-13,19-20,22-26H,1,8-10,14-18H2,2-4H3/t19-,20-,22+,23?,24+,25?,26?/m0/s1. The number of hydrogen-bond acceptors (Lipinski definition) is 4. The van der Waals surface area contributed by atoms with Crippen LogP contribution >= 0.6 is 0 Å². The van der Waals surface area contributed by atoms with Gasteiger partial charge in [-0.25, -0.2) is 0 Å². The summed E-state index contributed by atoms with van der Waals surface area (Å²) in [5.74, 6) is 0.305. The van der Waals surface area contributed by atoms with Crippen LogP contribution < -0.4 is 0 Å². The predicted octanol–water partition coefficient (Wildman–Crippen LogP) is 6.08. The molecule has 4 nitrogen and oxygen atoms in total. The van der Waals surface area contributed by atoms with Gasteiger partial charge in [-0.1, -0.05) is 56.4 Å². The molecule has 4 bridgehead atoms. The van der Waals surface area contributed by atoms with Crippen LogP contribution in [0.2, 0.25) is 0 Å². The number of fused-ring (bicyclic) bond motifs is 4. The van der Waals surface area contributed by atoms with E-state index in [-0.39, 0.29) is 42.7 Å². The lowest BCUT2D eigenvalue weighted by molar-refractivity contribution is -0.154. The highest BCUT2D eigenvalue weighted by atomic mass is 16.5. The number of carbonyl (C=O) groups excluding carboxylic acids is 1. The third-order valence-electron chi connectivity index (χ3n) is 6.73. The smallest absolute Gasteiger partial charge is 0.309 e. The van der Waals surface area contributed by atoms with Crippen LogP contribution in [-0.2, 0) is 19.0 Å². The lowest BCUT2D eigenvalue weighted by atomic mass is 9.90. The fourth-order valence-electron chi connectivity index (χ4n) is 5.02. The molecule has 172 valence electrons. The Labute approximate surface area is 188 Å². The lowest BCUT2D eigenvalue weighted by Crippen LogP contribution is -2.37. The van der Waals surface area contributed by atoms with Gasteiger partial charge in [0, 0.05) is 12.3 Å². The van der Waals surface area contributed by atoms with Crippen LogP contribution in [0.1, 0.15) is 72.1 Å². The molecule has 0 radical (unpaired) electrons. The van der Waals surface area contributed by atoms with Crippen LogP contribution in [-0.4, -0.2) is 36.5 Å². The molecule has 3 rings (SSSR count). The third-order valence-corrected chi connectivity index (χ3v) is 6.73. The van der Waals surface area contributed by atoms with E-state index in [9.17, 15) is 4.79 Å². The number of hydrogen-bond donors (Lipinski definition) is 0. The summed E-state index contributed by atoms with van der Waals surface area (Å²) in [5, 5.41) is 0. The van der Waals surface area contributed by atoms with Gasteiger partial charge in [0.05, 0.1) is 30.8 Å². The van der Waals surface area contributed by atoms with E-state index in [4.69, 9.17) is 14.2 Å². The van der Waals surface area contributed by atoms with Crippen LogP contribution in [0.5, 0.6) is 0 Å². The van der Waals surface area contributed by atoms with Crippen LogP contribution in [0.3, 0.4) is 0 Å². The number of rotatable bonds is 2. The van der Waals surface area contributed by atoms with E-state index in [1.807, 2.05) is 12.2 Å². The molecule has 0 N–H and O–H groups in total. The molecule has 31 heavy (non-hydrogen) atoms. The molecule has 2 fully saturated rings. The van der Waals surface area contributed by atoms with Gasteiger partial charge in [0.15, 0.2) is 0 Å². The molecule has 0 aromatic heterocycles. The molecule has 0 saturated carbocycles. The molecule has 0 aromatic carbocycles. The van der Waals surface area contributed by atoms with Crippen molar-refractivity contribution in [1.29, 1.82) is 0 Å². The van der Waals surface area contributed by atoms with E-state index in [1.165, 1.54) is 12.0 Å². The maximum atomic E-state index is 12.8. The van der Waals surface area contributed by atoms with Crippen molar-refractivity contribution < 1.29 is 19.0 Å². The van der Waals surface area contributed by atoms with E-state index >= 15 is 0 Å². The number of ether oxygens (including phenoxy) is 3. The number of esters is 1. The fraction of sp³-hybridized carbons (Fsp3) is 0.667. The number of cyclic esters (lactones) is 1. The molecule has 7 atom stereocenters. The molecule has 0 aromatic rings. The Morgan fingerprint density at radius 2 is 1.68 bits per heavy atom. The highest BCUT2D eigenvalue weighted by Crippen LogP contribution is 2.33. The maximum absolute atomic E-state index is 12.8. The van der Waals surface area contributed by atoms with Gasteiger partial charge in [0.25, 0.3) is 0 Å². The van der Waals surface area contributed by atoms with E-state index in [0.29, 0.717) is 12.0 Å². The average molecular weight is 429 g/mol. The van der Waals surface area contributed by atoms with Crippen molar-refractivity contribution in [3.8, 4) is 0 Å². The zero-order chi connectivity index (χ0) is 22.2. The van der Waals surface area contributed by atoms with Crippen LogP contribution in [0.15, 0.2) is 48.6 Å². The largest absolute Gasteiger partial charge is 0.457 e. The van der Waals surface area contributed by atoms with Crippen molar-refractivity contribution in [2.24, 2.45) is 11.8 Å². The van der Waals surface area contributed by atoms with Crippen LogP contribution in [0, 0.1) is 11.8 Å². The normalized spacial score (nSPS) is 39.4. The summed E-state index contributed by atoms with van der Waals surface area (Å²) in [7, 11) is 0. The van der Waals surface area contributed by atoms with Crippen molar-refractivity contribution in [2.75, 3.05) is 0 Å². The summed E-state index contributed by atoms with van der Waals surface area (Å²) in [5.41, 5.74) is 1.37. The van der Waals surface area contributed by atoms with Gasteiger partial charge in [0.1, 0.15) is 6.10 Å². The molecule has 3 heterocycles. The highest BCUT2D eigenvalue weighted by molar-refractivity contribution is 5.70. The van der Waals surface area contributed by atoms with Crippen molar-refractivity contribution in [2.45, 2.75) is 103 Å². The first kappa shape index (κ1) is 24.0. The Kier molecular flexibility index (Phi) is 9.15. The monoisotopic (exact) mass is 428 g/mol. The number of allylic oxidation sites excluding steroid dienone is 4. The Balaban J connectivity index is 1.81. The minimum Gasteiger partial charge on any atom is -0.457 e. The second-order valence-electron chi connectivity index (χ2n) is 9.52. The van der Waals surface area contributed by atoms with E-state index < -0.39 is 0 Å². The average Bonchev–Trinajstić information content (AvgIpc) is 2.74. The highest BCUT2D eigenvalue weighted by Gasteiger charge is 2.32. The number of carbonyl (C=O) groups is 1. The maximum Gasteiger partial charge on any atom is 0.309 e. The summed E-state index contributed by atoms with van der Waals surface area (Å²) >= 11 is 0. The Morgan fingerprint density at radius 3 is 2.42 bits per heavy atom. The summed E-state index contributed by atoms with van der Waals surface area (Å²) in [6.07, 6.45) is 19.8. The second-order valence-corrected chi connectivity index (χ2v) is 9.52. The first-order valence-corrected chi connectivity index (χ1v) is 12.1. The molecule has 0 amide bonds. The van der Waals surface area contributed by atoms with Gasteiger partial charge in [-0.15, -0.1) is 0 Å². The minimum absolute atomic E-state index is 0.0849. The van der Waals surface area contributed by atoms with Crippen LogP contribution in [0.25, 0.3) is 0 Å². The summed E-state index contributed by atoms with van der Waals surface area (Å²) in [6, 6.07) is 0. The van der Waals surface area contributed by atoms with E-state index in [1.54, 1.807) is 6.08 Å². The molecular formula is C27H40O4. The summed E-state index contributed by atoms with van der Waals surface area (Å²) < 4.78 is 18.8. The predicted molar refractivity (Wildman–Crippen MR) is 125 cm³/mol. The first-order chi connectivity index (χ1) is 15.0. The summed E-state index contributed by atoms with van der Waals surface area (Å²) in [4.78, 5) is 12.8. The quantitative estimate of drug-likeness (QED) is 0.303. The topological polar surface area (TPSA) is 44.8 Å². The lowest BCUT2D eigenvalue weighted by Gasteiger charge is -2.37. The molecular weight excluding hydrogens is 388 g/mol. The van der Waals surface area contributed by atoms with Gasteiger partial charge < -0.3 is 14.2 Å². The van der Waals surface area contributed by atoms with Gasteiger partial charge in [-0.2, -0.15) is 0 Å². The van der Waals surface area contributed by atoms with Crippen molar-refractivity contribution in [3.05, 3.63) is 48.6 Å². The SMILES string of the molecule is C=CC=CC1OC(=O)CC2CC(=CC)C[C@H](CC3CCC[C@H](C[C@@H](C)C=C[C@@H]1C)O3)O2. The third kappa shape index (κ3) is 7.47.